The third-order valence-corrected chi connectivity index (χ3v) is 5.81. The molecule has 0 aliphatic carbocycles. The van der Waals surface area contributed by atoms with E-state index in [2.05, 4.69) is 4.98 Å². The maximum Gasteiger partial charge on any atom is 0.263 e. The van der Waals surface area contributed by atoms with Gasteiger partial charge in [-0.3, -0.25) is 18.7 Å². The normalized spacial score (nSPS) is 11.1. The van der Waals surface area contributed by atoms with Crippen LogP contribution in [0.2, 0.25) is 5.02 Å². The van der Waals surface area contributed by atoms with E-state index in [1.54, 1.807) is 24.1 Å². The molecule has 0 aliphatic rings. The smallest absolute Gasteiger partial charge is 0.263 e. The molecule has 0 aliphatic heterocycles. The summed E-state index contributed by atoms with van der Waals surface area (Å²) in [5.41, 5.74) is 4.03. The molecule has 0 atom stereocenters. The monoisotopic (exact) mass is 434 g/mol. The molecule has 0 saturated heterocycles. The van der Waals surface area contributed by atoms with Crippen molar-refractivity contribution in [3.63, 3.8) is 0 Å². The van der Waals surface area contributed by atoms with E-state index in [9.17, 15) is 9.59 Å². The van der Waals surface area contributed by atoms with Crippen LogP contribution in [0.3, 0.4) is 0 Å². The highest BCUT2D eigenvalue weighted by Gasteiger charge is 2.19. The minimum atomic E-state index is -0.222. The Labute approximate surface area is 185 Å². The third kappa shape index (κ3) is 3.99. The molecule has 0 saturated carbocycles. The van der Waals surface area contributed by atoms with Crippen molar-refractivity contribution in [1.29, 1.82) is 0 Å². The highest BCUT2D eigenvalue weighted by molar-refractivity contribution is 6.30. The van der Waals surface area contributed by atoms with Gasteiger partial charge in [-0.25, -0.2) is 4.98 Å². The van der Waals surface area contributed by atoms with Gasteiger partial charge in [0.1, 0.15) is 12.9 Å². The van der Waals surface area contributed by atoms with E-state index >= 15 is 0 Å². The first-order chi connectivity index (χ1) is 14.9. The van der Waals surface area contributed by atoms with Gasteiger partial charge >= 0.3 is 0 Å². The molecule has 0 fully saturated rings. The van der Waals surface area contributed by atoms with Gasteiger partial charge in [-0.2, -0.15) is 0 Å². The fraction of sp³-hybridized carbons (Fsp3) is 0.208. The zero-order chi connectivity index (χ0) is 22.1. The van der Waals surface area contributed by atoms with E-state index in [0.717, 1.165) is 22.5 Å². The second-order valence-electron chi connectivity index (χ2n) is 7.63. The molecule has 0 spiro atoms. The van der Waals surface area contributed by atoms with Gasteiger partial charge in [0, 0.05) is 30.0 Å². The van der Waals surface area contributed by atoms with Crippen LogP contribution < -0.4 is 5.56 Å². The number of carbonyl (C=O) groups excluding carboxylic acids is 1. The van der Waals surface area contributed by atoms with Crippen molar-refractivity contribution in [2.45, 2.75) is 26.9 Å². The summed E-state index contributed by atoms with van der Waals surface area (Å²) in [6.07, 6.45) is 1.45. The second-order valence-corrected chi connectivity index (χ2v) is 8.07. The van der Waals surface area contributed by atoms with Gasteiger partial charge in [0.05, 0.1) is 5.39 Å². The topological polar surface area (TPSA) is 60.1 Å². The summed E-state index contributed by atoms with van der Waals surface area (Å²) < 4.78 is 3.32. The van der Waals surface area contributed by atoms with Crippen molar-refractivity contribution in [3.05, 3.63) is 93.1 Å². The summed E-state index contributed by atoms with van der Waals surface area (Å²) in [5.74, 6) is -0.154. The first kappa shape index (κ1) is 20.9. The van der Waals surface area contributed by atoms with Crippen molar-refractivity contribution < 1.29 is 4.79 Å². The zero-order valence-electron chi connectivity index (χ0n) is 17.7. The predicted molar refractivity (Wildman–Crippen MR) is 123 cm³/mol. The second kappa shape index (κ2) is 8.40. The van der Waals surface area contributed by atoms with E-state index in [1.807, 2.05) is 60.9 Å². The van der Waals surface area contributed by atoms with Crippen LogP contribution in [0.1, 0.15) is 16.8 Å². The number of hydrogen-bond acceptors (Lipinski definition) is 3. The van der Waals surface area contributed by atoms with Gasteiger partial charge in [0.25, 0.3) is 5.56 Å². The quantitative estimate of drug-likeness (QED) is 0.474. The molecule has 0 unspecified atom stereocenters. The maximum atomic E-state index is 13.2. The molecule has 7 heteroatoms. The lowest BCUT2D eigenvalue weighted by atomic mass is 10.2. The number of aryl methyl sites for hydroxylation is 1. The molecule has 2 heterocycles. The van der Waals surface area contributed by atoms with Crippen LogP contribution in [0, 0.1) is 13.8 Å². The Bertz CT molecular complexity index is 1310. The molecule has 31 heavy (non-hydrogen) atoms. The van der Waals surface area contributed by atoms with E-state index in [0.29, 0.717) is 22.6 Å². The summed E-state index contributed by atoms with van der Waals surface area (Å²) >= 11 is 6.02. The third-order valence-electron chi connectivity index (χ3n) is 5.56. The van der Waals surface area contributed by atoms with Gasteiger partial charge in [-0.05, 0) is 49.2 Å². The molecule has 0 bridgehead atoms. The number of nitrogens with zero attached hydrogens (tertiary/aromatic N) is 4. The number of fused-ring (bicyclic) bond motifs is 1. The fourth-order valence-corrected chi connectivity index (χ4v) is 3.84. The molecular formula is C24H23ClN4O2. The maximum absolute atomic E-state index is 13.2. The zero-order valence-corrected chi connectivity index (χ0v) is 18.4. The minimum absolute atomic E-state index is 0.0598. The van der Waals surface area contributed by atoms with Gasteiger partial charge in [0.2, 0.25) is 5.91 Å². The number of aromatic nitrogens is 3. The van der Waals surface area contributed by atoms with E-state index in [-0.39, 0.29) is 18.0 Å². The highest BCUT2D eigenvalue weighted by Crippen LogP contribution is 2.25. The van der Waals surface area contributed by atoms with Crippen LogP contribution in [0.15, 0.2) is 65.7 Å². The molecular weight excluding hydrogens is 412 g/mol. The molecule has 0 N–H and O–H groups in total. The van der Waals surface area contributed by atoms with Crippen LogP contribution in [0.25, 0.3) is 16.7 Å². The lowest BCUT2D eigenvalue weighted by Crippen LogP contribution is -2.33. The van der Waals surface area contributed by atoms with Gasteiger partial charge in [-0.1, -0.05) is 41.9 Å². The van der Waals surface area contributed by atoms with Crippen molar-refractivity contribution in [2.75, 3.05) is 7.05 Å². The molecule has 1 amide bonds. The van der Waals surface area contributed by atoms with E-state index in [4.69, 9.17) is 11.6 Å². The Balaban J connectivity index is 1.67. The lowest BCUT2D eigenvalue weighted by Gasteiger charge is -2.18. The van der Waals surface area contributed by atoms with Crippen LogP contribution >= 0.6 is 11.6 Å². The summed E-state index contributed by atoms with van der Waals surface area (Å²) in [7, 11) is 1.73. The largest absolute Gasteiger partial charge is 0.340 e. The Morgan fingerprint density at radius 2 is 1.74 bits per heavy atom. The molecule has 2 aromatic heterocycles. The van der Waals surface area contributed by atoms with Crippen LogP contribution in [0.5, 0.6) is 0 Å². The van der Waals surface area contributed by atoms with E-state index in [1.165, 1.54) is 10.9 Å². The van der Waals surface area contributed by atoms with Gasteiger partial charge in [-0.15, -0.1) is 0 Å². The molecule has 4 aromatic rings. The van der Waals surface area contributed by atoms with Crippen LogP contribution in [0.4, 0.5) is 0 Å². The minimum Gasteiger partial charge on any atom is -0.340 e. The lowest BCUT2D eigenvalue weighted by molar-refractivity contribution is -0.131. The molecule has 158 valence electrons. The summed E-state index contributed by atoms with van der Waals surface area (Å²) in [5, 5.41) is 1.16. The summed E-state index contributed by atoms with van der Waals surface area (Å²) in [4.78, 5) is 32.1. The average Bonchev–Trinajstić information content (AvgIpc) is 3.02. The first-order valence-corrected chi connectivity index (χ1v) is 10.4. The van der Waals surface area contributed by atoms with Crippen molar-refractivity contribution >= 4 is 28.5 Å². The Kier molecular flexibility index (Phi) is 5.65. The Morgan fingerprint density at radius 3 is 2.42 bits per heavy atom. The summed E-state index contributed by atoms with van der Waals surface area (Å²) in [6, 6.07) is 17.1. The molecule has 2 aromatic carbocycles. The van der Waals surface area contributed by atoms with Gasteiger partial charge in [0.15, 0.2) is 5.65 Å². The Morgan fingerprint density at radius 1 is 1.06 bits per heavy atom. The Hall–Kier alpha value is -3.38. The first-order valence-electron chi connectivity index (χ1n) is 9.97. The number of amides is 1. The molecule has 6 nitrogen and oxygen atoms in total. The molecule has 0 radical (unpaired) electrons. The highest BCUT2D eigenvalue weighted by atomic mass is 35.5. The van der Waals surface area contributed by atoms with Crippen LogP contribution in [-0.4, -0.2) is 32.0 Å². The van der Waals surface area contributed by atoms with Crippen molar-refractivity contribution in [1.82, 2.24) is 19.0 Å². The van der Waals surface area contributed by atoms with Gasteiger partial charge < -0.3 is 4.90 Å². The molecule has 4 rings (SSSR count). The number of likely N-dealkylation sites (N-methyl/N-ethyl adjacent to an activating group) is 1. The number of rotatable bonds is 5. The average molecular weight is 435 g/mol. The number of hydrogen-bond donors (Lipinski definition) is 0. The van der Waals surface area contributed by atoms with E-state index < -0.39 is 0 Å². The fourth-order valence-electron chi connectivity index (χ4n) is 3.72. The SMILES string of the molecule is Cc1c(C)n(-c2ccc(Cl)cc2)c2ncn(CC(=O)N(C)Cc3ccccc3)c(=O)c12. The number of halogens is 1. The number of carbonyl (C=O) groups is 1. The van der Waals surface area contributed by atoms with Crippen molar-refractivity contribution in [3.8, 4) is 5.69 Å². The van der Waals surface area contributed by atoms with Crippen molar-refractivity contribution in [2.24, 2.45) is 0 Å². The standard InChI is InChI=1S/C24H23ClN4O2/c1-16-17(2)29(20-11-9-19(25)10-12-20)23-22(16)24(31)28(15-26-23)14-21(30)27(3)13-18-7-5-4-6-8-18/h4-12,15H,13-14H2,1-3H3. The number of benzene rings is 2. The van der Waals surface area contributed by atoms with Crippen LogP contribution in [-0.2, 0) is 17.9 Å². The summed E-state index contributed by atoms with van der Waals surface area (Å²) in [6.45, 7) is 4.28. The predicted octanol–water partition coefficient (Wildman–Crippen LogP) is 4.12.